The molecule has 2 rings (SSSR count). The molecule has 1 aliphatic rings. The molecule has 5 heteroatoms. The van der Waals surface area contributed by atoms with Crippen molar-refractivity contribution in [1.82, 2.24) is 9.55 Å². The number of hydrogen-bond acceptors (Lipinski definition) is 4. The minimum atomic E-state index is -0.318. The maximum atomic E-state index is 5.71. The first kappa shape index (κ1) is 7.30. The van der Waals surface area contributed by atoms with Gasteiger partial charge < -0.3 is 15.6 Å². The molecule has 0 spiro atoms. The lowest BCUT2D eigenvalue weighted by molar-refractivity contribution is 0.746. The Morgan fingerprint density at radius 1 is 1.67 bits per heavy atom. The van der Waals surface area contributed by atoms with Crippen LogP contribution in [0.15, 0.2) is 4.99 Å². The molecule has 0 bridgehead atoms. The van der Waals surface area contributed by atoms with Crippen molar-refractivity contribution in [2.45, 2.75) is 13.1 Å². The summed E-state index contributed by atoms with van der Waals surface area (Å²) in [5, 5.41) is 3.01. The van der Waals surface area contributed by atoms with Crippen LogP contribution in [0, 0.1) is 6.92 Å². The monoisotopic (exact) mass is 165 g/mol. The Bertz CT molecular complexity index is 338. The highest BCUT2D eigenvalue weighted by molar-refractivity contribution is 5.78. The largest absolute Gasteiger partial charge is 0.331 e. The molecule has 2 heterocycles. The van der Waals surface area contributed by atoms with E-state index in [4.69, 9.17) is 5.73 Å². The molecule has 0 radical (unpaired) electrons. The fraction of sp³-hybridized carbons (Fsp3) is 0.429. The Balaban J connectivity index is 2.57. The molecule has 12 heavy (non-hydrogen) atoms. The molecule has 1 atom stereocenters. The summed E-state index contributed by atoms with van der Waals surface area (Å²) in [6, 6.07) is 0. The minimum Gasteiger partial charge on any atom is -0.331 e. The van der Waals surface area contributed by atoms with Crippen LogP contribution in [0.1, 0.15) is 17.7 Å². The highest BCUT2D eigenvalue weighted by atomic mass is 15.2. The fourth-order valence-electron chi connectivity index (χ4n) is 1.26. The van der Waals surface area contributed by atoms with Crippen LogP contribution in [0.5, 0.6) is 0 Å². The summed E-state index contributed by atoms with van der Waals surface area (Å²) in [7, 11) is 1.94. The SMILES string of the molecule is Cc1nc2c(n1C)NC=NC2N. The summed E-state index contributed by atoms with van der Waals surface area (Å²) in [4.78, 5) is 8.28. The molecule has 1 aromatic rings. The normalized spacial score (nSPS) is 20.4. The number of aryl methyl sites for hydroxylation is 1. The van der Waals surface area contributed by atoms with Crippen LogP contribution < -0.4 is 11.1 Å². The number of fused-ring (bicyclic) bond motifs is 1. The van der Waals surface area contributed by atoms with E-state index >= 15 is 0 Å². The lowest BCUT2D eigenvalue weighted by Gasteiger charge is -2.12. The van der Waals surface area contributed by atoms with Crippen molar-refractivity contribution < 1.29 is 0 Å². The summed E-state index contributed by atoms with van der Waals surface area (Å²) in [6.07, 6.45) is 1.29. The van der Waals surface area contributed by atoms with Crippen LogP contribution in [-0.4, -0.2) is 15.9 Å². The molecule has 0 saturated carbocycles. The topological polar surface area (TPSA) is 68.2 Å². The van der Waals surface area contributed by atoms with E-state index in [2.05, 4.69) is 15.3 Å². The van der Waals surface area contributed by atoms with E-state index in [1.54, 1.807) is 6.34 Å². The van der Waals surface area contributed by atoms with Crippen molar-refractivity contribution in [3.05, 3.63) is 11.5 Å². The van der Waals surface area contributed by atoms with E-state index in [9.17, 15) is 0 Å². The predicted octanol–water partition coefficient (Wildman–Crippen LogP) is 0.140. The Kier molecular flexibility index (Phi) is 1.41. The van der Waals surface area contributed by atoms with Crippen molar-refractivity contribution >= 4 is 12.2 Å². The van der Waals surface area contributed by atoms with Crippen molar-refractivity contribution in [1.29, 1.82) is 0 Å². The average Bonchev–Trinajstić information content (AvgIpc) is 2.32. The predicted molar refractivity (Wildman–Crippen MR) is 47.0 cm³/mol. The van der Waals surface area contributed by atoms with E-state index in [1.165, 1.54) is 0 Å². The van der Waals surface area contributed by atoms with Gasteiger partial charge in [0.1, 0.15) is 23.5 Å². The maximum Gasteiger partial charge on any atom is 0.145 e. The van der Waals surface area contributed by atoms with Crippen LogP contribution in [0.2, 0.25) is 0 Å². The summed E-state index contributed by atoms with van der Waals surface area (Å²) in [6.45, 7) is 1.94. The van der Waals surface area contributed by atoms with Crippen LogP contribution in [0.25, 0.3) is 0 Å². The number of imidazole rings is 1. The van der Waals surface area contributed by atoms with Gasteiger partial charge in [0.05, 0.1) is 6.34 Å². The first-order valence-corrected chi connectivity index (χ1v) is 3.77. The molecular formula is C7H11N5. The number of hydrogen-bond donors (Lipinski definition) is 2. The van der Waals surface area contributed by atoms with Gasteiger partial charge in [0.2, 0.25) is 0 Å². The highest BCUT2D eigenvalue weighted by Crippen LogP contribution is 2.24. The molecule has 1 aromatic heterocycles. The zero-order valence-electron chi connectivity index (χ0n) is 7.07. The average molecular weight is 165 g/mol. The third-order valence-corrected chi connectivity index (χ3v) is 2.06. The van der Waals surface area contributed by atoms with Crippen molar-refractivity contribution in [3.8, 4) is 0 Å². The van der Waals surface area contributed by atoms with E-state index in [1.807, 2.05) is 18.5 Å². The lowest BCUT2D eigenvalue weighted by atomic mass is 10.3. The van der Waals surface area contributed by atoms with Crippen molar-refractivity contribution in [2.24, 2.45) is 17.8 Å². The Labute approximate surface area is 70.3 Å². The lowest BCUT2D eigenvalue weighted by Crippen LogP contribution is -2.17. The van der Waals surface area contributed by atoms with Gasteiger partial charge in [-0.15, -0.1) is 0 Å². The third-order valence-electron chi connectivity index (χ3n) is 2.06. The van der Waals surface area contributed by atoms with Gasteiger partial charge in [-0.25, -0.2) is 4.98 Å². The first-order chi connectivity index (χ1) is 5.70. The Hall–Kier alpha value is -1.36. The molecule has 1 unspecified atom stereocenters. The molecule has 3 N–H and O–H groups in total. The maximum absolute atomic E-state index is 5.71. The van der Waals surface area contributed by atoms with E-state index in [0.29, 0.717) is 0 Å². The summed E-state index contributed by atoms with van der Waals surface area (Å²) in [5.74, 6) is 1.88. The van der Waals surface area contributed by atoms with Gasteiger partial charge in [-0.2, -0.15) is 0 Å². The summed E-state index contributed by atoms with van der Waals surface area (Å²) in [5.41, 5.74) is 6.53. The van der Waals surface area contributed by atoms with Crippen LogP contribution >= 0.6 is 0 Å². The molecule has 0 fully saturated rings. The summed E-state index contributed by atoms with van der Waals surface area (Å²) < 4.78 is 1.96. The zero-order valence-corrected chi connectivity index (χ0v) is 7.07. The Morgan fingerprint density at radius 2 is 2.42 bits per heavy atom. The molecule has 5 nitrogen and oxygen atoms in total. The fourth-order valence-corrected chi connectivity index (χ4v) is 1.26. The number of aliphatic imine (C=N–C) groups is 1. The second-order valence-corrected chi connectivity index (χ2v) is 2.82. The second kappa shape index (κ2) is 2.31. The van der Waals surface area contributed by atoms with Crippen molar-refractivity contribution in [3.63, 3.8) is 0 Å². The smallest absolute Gasteiger partial charge is 0.145 e. The van der Waals surface area contributed by atoms with Crippen LogP contribution in [0.4, 0.5) is 5.82 Å². The summed E-state index contributed by atoms with van der Waals surface area (Å²) >= 11 is 0. The molecule has 0 saturated heterocycles. The van der Waals surface area contributed by atoms with Gasteiger partial charge in [0.15, 0.2) is 0 Å². The van der Waals surface area contributed by atoms with Gasteiger partial charge in [-0.05, 0) is 6.92 Å². The Morgan fingerprint density at radius 3 is 3.08 bits per heavy atom. The van der Waals surface area contributed by atoms with Gasteiger partial charge in [-0.1, -0.05) is 0 Å². The standard InChI is InChI=1S/C7H11N5/c1-4-11-5-6(8)9-3-10-7(5)12(4)2/h3,6H,8H2,1-2H3,(H,9,10). The quantitative estimate of drug-likeness (QED) is 0.574. The van der Waals surface area contributed by atoms with Gasteiger partial charge in [0.25, 0.3) is 0 Å². The number of rotatable bonds is 0. The molecular weight excluding hydrogens is 154 g/mol. The molecule has 0 aliphatic carbocycles. The van der Waals surface area contributed by atoms with Crippen LogP contribution in [-0.2, 0) is 7.05 Å². The molecule has 1 aliphatic heterocycles. The van der Waals surface area contributed by atoms with Gasteiger partial charge in [-0.3, -0.25) is 4.99 Å². The minimum absolute atomic E-state index is 0.318. The highest BCUT2D eigenvalue weighted by Gasteiger charge is 2.19. The first-order valence-electron chi connectivity index (χ1n) is 3.77. The van der Waals surface area contributed by atoms with E-state index < -0.39 is 0 Å². The number of aromatic nitrogens is 2. The number of nitrogens with two attached hydrogens (primary N) is 1. The number of nitrogens with one attached hydrogen (secondary N) is 1. The van der Waals surface area contributed by atoms with E-state index in [0.717, 1.165) is 17.3 Å². The zero-order chi connectivity index (χ0) is 8.72. The number of anilines is 1. The van der Waals surface area contributed by atoms with Gasteiger partial charge in [0, 0.05) is 7.05 Å². The molecule has 0 aromatic carbocycles. The molecule has 64 valence electrons. The van der Waals surface area contributed by atoms with Gasteiger partial charge >= 0.3 is 0 Å². The molecule has 0 amide bonds. The van der Waals surface area contributed by atoms with Crippen LogP contribution in [0.3, 0.4) is 0 Å². The second-order valence-electron chi connectivity index (χ2n) is 2.82. The van der Waals surface area contributed by atoms with E-state index in [-0.39, 0.29) is 6.17 Å². The number of nitrogens with zero attached hydrogens (tertiary/aromatic N) is 3. The van der Waals surface area contributed by atoms with Crippen molar-refractivity contribution in [2.75, 3.05) is 5.32 Å². The third kappa shape index (κ3) is 0.831.